The summed E-state index contributed by atoms with van der Waals surface area (Å²) in [5.41, 5.74) is 0. The highest BCUT2D eigenvalue weighted by molar-refractivity contribution is 7.74. The van der Waals surface area contributed by atoms with Gasteiger partial charge in [0, 0.05) is 0 Å². The normalized spacial score (nSPS) is 16.7. The molecule has 0 aromatic rings. The van der Waals surface area contributed by atoms with Gasteiger partial charge in [0.05, 0.1) is 15.2 Å². The molecule has 0 heterocycles. The lowest BCUT2D eigenvalue weighted by Gasteiger charge is -2.41. The molecule has 0 rings (SSSR count). The molecular weight excluding hydrogens is 327 g/mol. The van der Waals surface area contributed by atoms with Crippen LogP contribution in [0.4, 0.5) is 0 Å². The topological polar surface area (TPSA) is 0 Å². The van der Waals surface area contributed by atoms with E-state index in [1.54, 1.807) is 0 Å². The molecule has 0 unspecified atom stereocenters. The summed E-state index contributed by atoms with van der Waals surface area (Å²) in [6, 6.07) is 0. The van der Waals surface area contributed by atoms with Crippen molar-refractivity contribution in [1.29, 1.82) is 0 Å². The SMILES string of the molecule is CC(C)(C)[Si](C)(C)/[Si](Cl)=[Si](\Cl)[Si](C)(C)C(C)(C)C. The highest BCUT2D eigenvalue weighted by Crippen LogP contribution is 2.41. The van der Waals surface area contributed by atoms with E-state index in [1.165, 1.54) is 0 Å². The van der Waals surface area contributed by atoms with E-state index in [2.05, 4.69) is 67.7 Å². The molecule has 108 valence electrons. The van der Waals surface area contributed by atoms with Crippen molar-refractivity contribution >= 4 is 50.8 Å². The molecule has 0 saturated carbocycles. The third-order valence-electron chi connectivity index (χ3n) is 5.04. The lowest BCUT2D eigenvalue weighted by atomic mass is 10.2. The summed E-state index contributed by atoms with van der Waals surface area (Å²) in [5, 5.41) is 0.715. The molecule has 0 N–H and O–H groups in total. The van der Waals surface area contributed by atoms with Crippen molar-refractivity contribution in [2.45, 2.75) is 77.8 Å². The average molecular weight is 358 g/mol. The van der Waals surface area contributed by atoms with Crippen molar-refractivity contribution < 1.29 is 0 Å². The Morgan fingerprint density at radius 3 is 0.889 bits per heavy atom. The lowest BCUT2D eigenvalue weighted by Crippen LogP contribution is -2.56. The molecule has 0 fully saturated rings. The number of hydrogen-bond donors (Lipinski definition) is 0. The zero-order valence-corrected chi connectivity index (χ0v) is 19.3. The van der Waals surface area contributed by atoms with Crippen molar-refractivity contribution in [3.05, 3.63) is 0 Å². The molecule has 18 heavy (non-hydrogen) atoms. The Morgan fingerprint density at radius 1 is 0.611 bits per heavy atom. The molecule has 0 radical (unpaired) electrons. The molecule has 0 aromatic heterocycles. The number of rotatable bonds is 2. The van der Waals surface area contributed by atoms with Crippen LogP contribution in [0.15, 0.2) is 0 Å². The number of hydrogen-bond acceptors (Lipinski definition) is 0. The molecule has 0 saturated heterocycles. The summed E-state index contributed by atoms with van der Waals surface area (Å²) < 4.78 is 0. The second-order valence-electron chi connectivity index (χ2n) is 8.38. The molecule has 0 amide bonds. The van der Waals surface area contributed by atoms with E-state index in [9.17, 15) is 0 Å². The van der Waals surface area contributed by atoms with Crippen LogP contribution in [0, 0.1) is 0 Å². The van der Waals surface area contributed by atoms with Crippen LogP contribution in [0.5, 0.6) is 0 Å². The molecular formula is C12H30Cl2Si4. The van der Waals surface area contributed by atoms with Crippen molar-refractivity contribution in [2.24, 2.45) is 0 Å². The predicted molar refractivity (Wildman–Crippen MR) is 97.6 cm³/mol. The van der Waals surface area contributed by atoms with Crippen molar-refractivity contribution in [3.63, 3.8) is 0 Å². The largest absolute Gasteiger partial charge is 0.147 e. The molecule has 0 spiro atoms. The van der Waals surface area contributed by atoms with Gasteiger partial charge in [-0.25, -0.2) is 0 Å². The fourth-order valence-corrected chi connectivity index (χ4v) is 62.2. The van der Waals surface area contributed by atoms with E-state index in [1.807, 2.05) is 0 Å². The Labute approximate surface area is 128 Å². The van der Waals surface area contributed by atoms with E-state index in [0.717, 1.165) is 0 Å². The van der Waals surface area contributed by atoms with Crippen LogP contribution >= 0.6 is 22.2 Å². The second kappa shape index (κ2) is 5.68. The van der Waals surface area contributed by atoms with Crippen molar-refractivity contribution in [3.8, 4) is 0 Å². The summed E-state index contributed by atoms with van der Waals surface area (Å²) >= 11 is 14.0. The van der Waals surface area contributed by atoms with E-state index >= 15 is 0 Å². The maximum absolute atomic E-state index is 7.01. The molecule has 0 nitrogen and oxygen atoms in total. The molecule has 0 aliphatic heterocycles. The highest BCUT2D eigenvalue weighted by atomic mass is 35.6. The Balaban J connectivity index is 5.81. The monoisotopic (exact) mass is 356 g/mol. The third-order valence-corrected chi connectivity index (χ3v) is 61.0. The Hall–Kier alpha value is 1.45. The van der Waals surface area contributed by atoms with Crippen LogP contribution in [0.1, 0.15) is 41.5 Å². The van der Waals surface area contributed by atoms with Crippen LogP contribution in [0.2, 0.25) is 36.3 Å². The summed E-state index contributed by atoms with van der Waals surface area (Å²) in [6.07, 6.45) is 0. The minimum Gasteiger partial charge on any atom is -0.147 e. The first-order chi connectivity index (χ1) is 7.57. The zero-order chi connectivity index (χ0) is 15.2. The summed E-state index contributed by atoms with van der Waals surface area (Å²) in [4.78, 5) is 0. The Morgan fingerprint density at radius 2 is 0.778 bits per heavy atom. The van der Waals surface area contributed by atoms with Gasteiger partial charge in [-0.2, -0.15) is 0 Å². The van der Waals surface area contributed by atoms with Crippen molar-refractivity contribution in [1.82, 2.24) is 0 Å². The summed E-state index contributed by atoms with van der Waals surface area (Å²) in [5.74, 6) is 0. The maximum atomic E-state index is 7.01. The van der Waals surface area contributed by atoms with Gasteiger partial charge >= 0.3 is 0 Å². The average Bonchev–Trinajstić information content (AvgIpc) is 2.11. The smallest absolute Gasteiger partial charge is 0.104 e. The molecule has 0 bridgehead atoms. The molecule has 0 aromatic carbocycles. The second-order valence-corrected chi connectivity index (χ2v) is 41.7. The van der Waals surface area contributed by atoms with Gasteiger partial charge in [0.25, 0.3) is 0 Å². The molecule has 0 aliphatic carbocycles. The maximum Gasteiger partial charge on any atom is 0.104 e. The van der Waals surface area contributed by atoms with Crippen LogP contribution in [-0.4, -0.2) is 28.6 Å². The molecule has 0 aliphatic rings. The Bertz CT molecular complexity index is 312. The van der Waals surface area contributed by atoms with Gasteiger partial charge in [-0.05, 0) is 10.1 Å². The Kier molecular flexibility index (Phi) is 6.14. The first-order valence-electron chi connectivity index (χ1n) is 6.63. The van der Waals surface area contributed by atoms with E-state index in [0.29, 0.717) is 10.1 Å². The fraction of sp³-hybridized carbons (Fsp3) is 1.00. The van der Waals surface area contributed by atoms with Gasteiger partial charge < -0.3 is 0 Å². The van der Waals surface area contributed by atoms with Crippen LogP contribution in [0.3, 0.4) is 0 Å². The standard InChI is InChI=1S/C12H30Cl2Si4/c1-11(2,3)17(7,8)15(13)16(14)18(9,10)12(4,5)6/h1-10H3/b16-15+. The first kappa shape index (κ1) is 19.4. The van der Waals surface area contributed by atoms with E-state index < -0.39 is 28.6 Å². The zero-order valence-electron chi connectivity index (χ0n) is 13.8. The van der Waals surface area contributed by atoms with Gasteiger partial charge in [-0.3, -0.25) is 0 Å². The van der Waals surface area contributed by atoms with Gasteiger partial charge in [-0.15, -0.1) is 22.2 Å². The van der Waals surface area contributed by atoms with Crippen LogP contribution < -0.4 is 0 Å². The van der Waals surface area contributed by atoms with Gasteiger partial charge in [-0.1, -0.05) is 67.7 Å². The predicted octanol–water partition coefficient (Wildman–Crippen LogP) is 5.70. The van der Waals surface area contributed by atoms with Crippen LogP contribution in [-0.2, 0) is 0 Å². The highest BCUT2D eigenvalue weighted by Gasteiger charge is 2.46. The van der Waals surface area contributed by atoms with Crippen LogP contribution in [0.25, 0.3) is 0 Å². The summed E-state index contributed by atoms with van der Waals surface area (Å²) in [7, 11) is -2.89. The number of halogens is 2. The first-order valence-corrected chi connectivity index (χ1v) is 20.7. The lowest BCUT2D eigenvalue weighted by molar-refractivity contribution is 0.733. The minimum absolute atomic E-state index is 0.357. The van der Waals surface area contributed by atoms with Gasteiger partial charge in [0.1, 0.15) is 13.4 Å². The van der Waals surface area contributed by atoms with Gasteiger partial charge in [0.15, 0.2) is 0 Å². The summed E-state index contributed by atoms with van der Waals surface area (Å²) in [6.45, 7) is 22.1. The van der Waals surface area contributed by atoms with E-state index in [-0.39, 0.29) is 0 Å². The quantitative estimate of drug-likeness (QED) is 0.439. The van der Waals surface area contributed by atoms with E-state index in [4.69, 9.17) is 22.2 Å². The molecule has 6 heteroatoms. The minimum atomic E-state index is -1.44. The van der Waals surface area contributed by atoms with Gasteiger partial charge in [0.2, 0.25) is 0 Å². The fourth-order valence-electron chi connectivity index (χ4n) is 1.21. The van der Waals surface area contributed by atoms with Crippen molar-refractivity contribution in [2.75, 3.05) is 0 Å². The molecule has 0 atom stereocenters. The third kappa shape index (κ3) is 3.76.